The molecule has 1 fully saturated rings. The number of aliphatic hydroxyl groups is 1. The molecular formula is C24H33ClIN3O3. The van der Waals surface area contributed by atoms with Crippen molar-refractivity contribution in [2.24, 2.45) is 10.9 Å². The standard InChI is InChI=1S/C24H32ClN3O3.HI/c1-3-26-24(28-14-22(29)20-6-4-5-7-21(20)25)27-13-19-9-8-17(2)12-23(19)31-16-18-10-11-30-15-18;/h4-9,12,18,22,29H,3,10-11,13-16H2,1-2H3,(H2,26,27,28);1H. The molecule has 2 atom stereocenters. The van der Waals surface area contributed by atoms with Gasteiger partial charge in [0, 0.05) is 41.8 Å². The summed E-state index contributed by atoms with van der Waals surface area (Å²) < 4.78 is 11.6. The van der Waals surface area contributed by atoms with Crippen molar-refractivity contribution in [1.29, 1.82) is 0 Å². The van der Waals surface area contributed by atoms with Crippen LogP contribution < -0.4 is 15.4 Å². The summed E-state index contributed by atoms with van der Waals surface area (Å²) in [6.45, 7) is 7.78. The van der Waals surface area contributed by atoms with Gasteiger partial charge in [0.1, 0.15) is 5.75 Å². The van der Waals surface area contributed by atoms with E-state index in [9.17, 15) is 5.11 Å². The second kappa shape index (κ2) is 13.9. The van der Waals surface area contributed by atoms with E-state index in [0.717, 1.165) is 36.5 Å². The van der Waals surface area contributed by atoms with E-state index in [-0.39, 0.29) is 24.0 Å². The Morgan fingerprint density at radius 2 is 2.09 bits per heavy atom. The average Bonchev–Trinajstić information content (AvgIpc) is 3.29. The lowest BCUT2D eigenvalue weighted by Crippen LogP contribution is -2.39. The van der Waals surface area contributed by atoms with Gasteiger partial charge in [0.25, 0.3) is 0 Å². The predicted octanol–water partition coefficient (Wildman–Crippen LogP) is 4.47. The van der Waals surface area contributed by atoms with E-state index in [2.05, 4.69) is 40.7 Å². The summed E-state index contributed by atoms with van der Waals surface area (Å²) in [5.74, 6) is 1.94. The van der Waals surface area contributed by atoms with Crippen molar-refractivity contribution in [3.63, 3.8) is 0 Å². The molecule has 0 aromatic heterocycles. The van der Waals surface area contributed by atoms with Gasteiger partial charge in [-0.05, 0) is 38.0 Å². The third-order valence-electron chi connectivity index (χ3n) is 5.20. The highest BCUT2D eigenvalue weighted by atomic mass is 127. The molecular weight excluding hydrogens is 541 g/mol. The van der Waals surface area contributed by atoms with E-state index in [1.165, 1.54) is 0 Å². The summed E-state index contributed by atoms with van der Waals surface area (Å²) in [5.41, 5.74) is 2.87. The lowest BCUT2D eigenvalue weighted by molar-refractivity contribution is 0.166. The molecule has 0 amide bonds. The fraction of sp³-hybridized carbons (Fsp3) is 0.458. The Bertz CT molecular complexity index is 875. The van der Waals surface area contributed by atoms with Gasteiger partial charge in [0.2, 0.25) is 0 Å². The Kier molecular flexibility index (Phi) is 11.6. The van der Waals surface area contributed by atoms with Crippen LogP contribution in [0.15, 0.2) is 47.5 Å². The summed E-state index contributed by atoms with van der Waals surface area (Å²) in [5, 5.41) is 17.5. The molecule has 32 heavy (non-hydrogen) atoms. The summed E-state index contributed by atoms with van der Waals surface area (Å²) >= 11 is 6.19. The van der Waals surface area contributed by atoms with E-state index < -0.39 is 6.10 Å². The summed E-state index contributed by atoms with van der Waals surface area (Å²) in [4.78, 5) is 4.69. The van der Waals surface area contributed by atoms with Crippen LogP contribution in [-0.2, 0) is 11.3 Å². The molecule has 3 rings (SSSR count). The number of aryl methyl sites for hydroxylation is 1. The molecule has 6 nitrogen and oxygen atoms in total. The van der Waals surface area contributed by atoms with Crippen LogP contribution in [0.2, 0.25) is 5.02 Å². The zero-order valence-corrected chi connectivity index (χ0v) is 21.7. The van der Waals surface area contributed by atoms with Crippen LogP contribution in [0.4, 0.5) is 0 Å². The minimum absolute atomic E-state index is 0. The maximum Gasteiger partial charge on any atom is 0.191 e. The van der Waals surface area contributed by atoms with Crippen LogP contribution >= 0.6 is 35.6 Å². The van der Waals surface area contributed by atoms with Crippen LogP contribution in [0.1, 0.15) is 36.1 Å². The van der Waals surface area contributed by atoms with Gasteiger partial charge in [-0.25, -0.2) is 4.99 Å². The van der Waals surface area contributed by atoms with Crippen molar-refractivity contribution in [3.05, 3.63) is 64.2 Å². The molecule has 2 unspecified atom stereocenters. The predicted molar refractivity (Wildman–Crippen MR) is 140 cm³/mol. The number of rotatable bonds is 9. The van der Waals surface area contributed by atoms with Crippen molar-refractivity contribution in [2.45, 2.75) is 32.9 Å². The van der Waals surface area contributed by atoms with Crippen LogP contribution in [0.3, 0.4) is 0 Å². The average molecular weight is 574 g/mol. The molecule has 1 heterocycles. The first-order chi connectivity index (χ1) is 15.1. The molecule has 8 heteroatoms. The number of ether oxygens (including phenoxy) is 2. The maximum atomic E-state index is 10.5. The lowest BCUT2D eigenvalue weighted by Gasteiger charge is -2.17. The largest absolute Gasteiger partial charge is 0.493 e. The van der Waals surface area contributed by atoms with Crippen LogP contribution in [0, 0.1) is 12.8 Å². The van der Waals surface area contributed by atoms with Gasteiger partial charge in [-0.2, -0.15) is 0 Å². The minimum atomic E-state index is -0.732. The quantitative estimate of drug-likeness (QED) is 0.235. The fourth-order valence-electron chi connectivity index (χ4n) is 3.40. The molecule has 0 radical (unpaired) electrons. The Morgan fingerprint density at radius 1 is 1.28 bits per heavy atom. The Hall–Kier alpha value is -1.55. The summed E-state index contributed by atoms with van der Waals surface area (Å²) in [6.07, 6.45) is 0.311. The first kappa shape index (κ1) is 26.7. The van der Waals surface area contributed by atoms with Gasteiger partial charge in [-0.15, -0.1) is 24.0 Å². The maximum absolute atomic E-state index is 10.5. The van der Waals surface area contributed by atoms with Crippen molar-refractivity contribution in [2.75, 3.05) is 32.9 Å². The van der Waals surface area contributed by atoms with Gasteiger partial charge < -0.3 is 25.2 Å². The topological polar surface area (TPSA) is 75.1 Å². The van der Waals surface area contributed by atoms with Crippen molar-refractivity contribution in [1.82, 2.24) is 10.6 Å². The van der Waals surface area contributed by atoms with E-state index in [4.69, 9.17) is 21.1 Å². The summed E-state index contributed by atoms with van der Waals surface area (Å²) in [7, 11) is 0. The van der Waals surface area contributed by atoms with Crippen molar-refractivity contribution < 1.29 is 14.6 Å². The number of aliphatic imine (C=N–C) groups is 1. The smallest absolute Gasteiger partial charge is 0.191 e. The summed E-state index contributed by atoms with van der Waals surface area (Å²) in [6, 6.07) is 13.5. The number of guanidine groups is 1. The molecule has 2 aromatic rings. The van der Waals surface area contributed by atoms with Gasteiger partial charge in [0.05, 0.1) is 25.9 Å². The second-order valence-electron chi connectivity index (χ2n) is 7.77. The molecule has 3 N–H and O–H groups in total. The van der Waals surface area contributed by atoms with Crippen LogP contribution in [-0.4, -0.2) is 44.0 Å². The van der Waals surface area contributed by atoms with Crippen molar-refractivity contribution in [3.8, 4) is 5.75 Å². The van der Waals surface area contributed by atoms with Gasteiger partial charge in [0.15, 0.2) is 5.96 Å². The molecule has 1 saturated heterocycles. The number of benzene rings is 2. The highest BCUT2D eigenvalue weighted by Crippen LogP contribution is 2.24. The minimum Gasteiger partial charge on any atom is -0.493 e. The third-order valence-corrected chi connectivity index (χ3v) is 5.54. The third kappa shape index (κ3) is 8.10. The number of hydrogen-bond donors (Lipinski definition) is 3. The van der Waals surface area contributed by atoms with E-state index in [0.29, 0.717) is 48.7 Å². The first-order valence-electron chi connectivity index (χ1n) is 10.8. The van der Waals surface area contributed by atoms with Crippen LogP contribution in [0.5, 0.6) is 5.75 Å². The van der Waals surface area contributed by atoms with Crippen LogP contribution in [0.25, 0.3) is 0 Å². The number of halogens is 2. The SMILES string of the molecule is CCNC(=NCc1ccc(C)cc1OCC1CCOC1)NCC(O)c1ccccc1Cl.I. The molecule has 0 bridgehead atoms. The number of hydrogen-bond acceptors (Lipinski definition) is 4. The fourth-order valence-corrected chi connectivity index (χ4v) is 3.67. The number of nitrogens with one attached hydrogen (secondary N) is 2. The Labute approximate surface area is 212 Å². The molecule has 176 valence electrons. The van der Waals surface area contributed by atoms with E-state index in [1.807, 2.05) is 25.1 Å². The first-order valence-corrected chi connectivity index (χ1v) is 11.2. The molecule has 0 spiro atoms. The zero-order chi connectivity index (χ0) is 22.1. The van der Waals surface area contributed by atoms with E-state index in [1.54, 1.807) is 6.07 Å². The normalized spacial score (nSPS) is 16.9. The Morgan fingerprint density at radius 3 is 2.81 bits per heavy atom. The monoisotopic (exact) mass is 573 g/mol. The van der Waals surface area contributed by atoms with Gasteiger partial charge >= 0.3 is 0 Å². The van der Waals surface area contributed by atoms with E-state index >= 15 is 0 Å². The molecule has 0 aliphatic carbocycles. The molecule has 1 aliphatic heterocycles. The number of nitrogens with zero attached hydrogens (tertiary/aromatic N) is 1. The number of aliphatic hydroxyl groups excluding tert-OH is 1. The van der Waals surface area contributed by atoms with Gasteiger partial charge in [-0.1, -0.05) is 41.9 Å². The molecule has 1 aliphatic rings. The second-order valence-corrected chi connectivity index (χ2v) is 8.17. The Balaban J connectivity index is 0.00000363. The zero-order valence-electron chi connectivity index (χ0n) is 18.6. The molecule has 0 saturated carbocycles. The van der Waals surface area contributed by atoms with Crippen molar-refractivity contribution >= 4 is 41.5 Å². The lowest BCUT2D eigenvalue weighted by atomic mass is 10.1. The highest BCUT2D eigenvalue weighted by Gasteiger charge is 2.17. The molecule has 2 aromatic carbocycles. The highest BCUT2D eigenvalue weighted by molar-refractivity contribution is 14.0. The van der Waals surface area contributed by atoms with Gasteiger partial charge in [-0.3, -0.25) is 0 Å².